The van der Waals surface area contributed by atoms with E-state index >= 15 is 0 Å². The molecule has 9 heteroatoms. The van der Waals surface area contributed by atoms with Crippen molar-refractivity contribution in [2.24, 2.45) is 5.10 Å². The first-order valence-electron chi connectivity index (χ1n) is 8.05. The van der Waals surface area contributed by atoms with Crippen LogP contribution in [-0.2, 0) is 0 Å². The van der Waals surface area contributed by atoms with Crippen molar-refractivity contribution in [1.29, 1.82) is 5.26 Å². The number of hydrogen-bond acceptors (Lipinski definition) is 6. The molecule has 3 rings (SSSR count). The second kappa shape index (κ2) is 8.54. The number of aromatic nitrogens is 2. The molecule has 0 amide bonds. The van der Waals surface area contributed by atoms with Gasteiger partial charge in [-0.3, -0.25) is 4.79 Å². The Morgan fingerprint density at radius 3 is 2.79 bits per heavy atom. The molecule has 0 N–H and O–H groups in total. The molecular weight excluding hydrogens is 492 g/mol. The highest BCUT2D eigenvalue weighted by molar-refractivity contribution is 9.10. The lowest BCUT2D eigenvalue weighted by Gasteiger charge is -2.12. The third-order valence-electron chi connectivity index (χ3n) is 3.83. The molecule has 0 aliphatic rings. The van der Waals surface area contributed by atoms with Gasteiger partial charge in [0.25, 0.3) is 5.56 Å². The molecule has 0 atom stereocenters. The summed E-state index contributed by atoms with van der Waals surface area (Å²) in [6.45, 7) is 1.55. The lowest BCUT2D eigenvalue weighted by Crippen LogP contribution is -2.20. The summed E-state index contributed by atoms with van der Waals surface area (Å²) < 4.78 is 13.5. The van der Waals surface area contributed by atoms with Gasteiger partial charge in [-0.25, -0.2) is 4.98 Å². The van der Waals surface area contributed by atoms with E-state index < -0.39 is 0 Å². The fraction of sp³-hybridized carbons (Fsp3) is 0.158. The molecule has 0 radical (unpaired) electrons. The number of fused-ring (bicyclic) bond motifs is 1. The summed E-state index contributed by atoms with van der Waals surface area (Å²) in [6, 6.07) is 10.7. The van der Waals surface area contributed by atoms with E-state index in [2.05, 4.69) is 41.9 Å². The predicted molar refractivity (Wildman–Crippen MR) is 113 cm³/mol. The van der Waals surface area contributed by atoms with Crippen LogP contribution in [-0.4, -0.2) is 29.6 Å². The Labute approximate surface area is 177 Å². The summed E-state index contributed by atoms with van der Waals surface area (Å²) in [5.74, 6) is 1.24. The van der Waals surface area contributed by atoms with E-state index in [1.54, 1.807) is 31.2 Å². The molecule has 7 nitrogen and oxygen atoms in total. The van der Waals surface area contributed by atoms with Crippen LogP contribution in [0.4, 0.5) is 0 Å². The zero-order valence-electron chi connectivity index (χ0n) is 14.9. The number of methoxy groups -OCH3 is 1. The molecular formula is C19H14Br2N4O3. The zero-order chi connectivity index (χ0) is 20.3. The molecule has 0 saturated carbocycles. The third kappa shape index (κ3) is 4.08. The molecule has 1 heterocycles. The molecule has 0 aliphatic carbocycles. The van der Waals surface area contributed by atoms with Crippen LogP contribution in [0.3, 0.4) is 0 Å². The van der Waals surface area contributed by atoms with Gasteiger partial charge in [-0.2, -0.15) is 15.0 Å². The first kappa shape index (κ1) is 20.0. The van der Waals surface area contributed by atoms with Gasteiger partial charge < -0.3 is 9.47 Å². The van der Waals surface area contributed by atoms with Crippen molar-refractivity contribution in [1.82, 2.24) is 9.66 Å². The second-order valence-corrected chi connectivity index (χ2v) is 7.49. The molecule has 0 fully saturated rings. The lowest BCUT2D eigenvalue weighted by molar-refractivity contribution is 0.329. The Bertz CT molecular complexity index is 1180. The molecule has 0 bridgehead atoms. The molecule has 0 saturated heterocycles. The molecule has 0 aliphatic heterocycles. The molecule has 1 aromatic heterocycles. The number of benzene rings is 2. The molecule has 0 spiro atoms. The molecule has 142 valence electrons. The predicted octanol–water partition coefficient (Wildman–Crippen LogP) is 4.02. The van der Waals surface area contributed by atoms with Gasteiger partial charge in [-0.1, -0.05) is 31.9 Å². The Hall–Kier alpha value is -2.70. The standard InChI is InChI=1S/C19H14Br2N4O3/c1-11-24-16-4-3-13(20)8-15(16)19(26)25(11)23-10-12-7-14(21)9-17(27-2)18(12)28-6-5-22/h3-4,7-10H,6H2,1-2H3. The van der Waals surface area contributed by atoms with E-state index in [9.17, 15) is 4.79 Å². The minimum absolute atomic E-state index is 0.149. The maximum Gasteiger partial charge on any atom is 0.282 e. The van der Waals surface area contributed by atoms with Crippen LogP contribution in [0, 0.1) is 18.3 Å². The topological polar surface area (TPSA) is 89.5 Å². The highest BCUT2D eigenvalue weighted by Gasteiger charge is 2.13. The second-order valence-electron chi connectivity index (χ2n) is 5.66. The largest absolute Gasteiger partial charge is 0.493 e. The number of ether oxygens (including phenoxy) is 2. The van der Waals surface area contributed by atoms with E-state index in [1.165, 1.54) is 18.0 Å². The summed E-state index contributed by atoms with van der Waals surface area (Å²) in [6.07, 6.45) is 1.47. The summed E-state index contributed by atoms with van der Waals surface area (Å²) in [7, 11) is 1.50. The molecule has 2 aromatic carbocycles. The fourth-order valence-corrected chi connectivity index (χ4v) is 3.43. The average molecular weight is 506 g/mol. The monoisotopic (exact) mass is 504 g/mol. The number of aryl methyl sites for hydroxylation is 1. The minimum Gasteiger partial charge on any atom is -0.493 e. The van der Waals surface area contributed by atoms with Gasteiger partial charge >= 0.3 is 0 Å². The van der Waals surface area contributed by atoms with Crippen LogP contribution < -0.4 is 15.0 Å². The van der Waals surface area contributed by atoms with Gasteiger partial charge in [0.2, 0.25) is 0 Å². The van der Waals surface area contributed by atoms with Gasteiger partial charge in [0.1, 0.15) is 11.9 Å². The van der Waals surface area contributed by atoms with Gasteiger partial charge in [0.05, 0.1) is 24.2 Å². The van der Waals surface area contributed by atoms with Crippen LogP contribution in [0.5, 0.6) is 11.5 Å². The van der Waals surface area contributed by atoms with E-state index in [1.807, 2.05) is 12.1 Å². The van der Waals surface area contributed by atoms with E-state index in [-0.39, 0.29) is 12.2 Å². The minimum atomic E-state index is -0.290. The van der Waals surface area contributed by atoms with Crippen molar-refractivity contribution < 1.29 is 9.47 Å². The average Bonchev–Trinajstić information content (AvgIpc) is 2.67. The first-order valence-corrected chi connectivity index (χ1v) is 9.63. The van der Waals surface area contributed by atoms with Gasteiger partial charge in [0.15, 0.2) is 18.1 Å². The van der Waals surface area contributed by atoms with Crippen LogP contribution in [0.2, 0.25) is 0 Å². The fourth-order valence-electron chi connectivity index (χ4n) is 2.61. The number of hydrogen-bond donors (Lipinski definition) is 0. The maximum absolute atomic E-state index is 12.8. The van der Waals surface area contributed by atoms with Crippen LogP contribution in [0.25, 0.3) is 10.9 Å². The lowest BCUT2D eigenvalue weighted by atomic mass is 10.2. The van der Waals surface area contributed by atoms with Crippen LogP contribution in [0.1, 0.15) is 11.4 Å². The zero-order valence-corrected chi connectivity index (χ0v) is 18.1. The van der Waals surface area contributed by atoms with E-state index in [0.29, 0.717) is 33.8 Å². The van der Waals surface area contributed by atoms with Crippen molar-refractivity contribution in [3.05, 3.63) is 61.0 Å². The summed E-state index contributed by atoms with van der Waals surface area (Å²) in [5.41, 5.74) is 0.850. The maximum atomic E-state index is 12.8. The highest BCUT2D eigenvalue weighted by Crippen LogP contribution is 2.34. The number of nitrogens with zero attached hydrogens (tertiary/aromatic N) is 4. The number of rotatable bonds is 5. The van der Waals surface area contributed by atoms with Gasteiger partial charge in [0, 0.05) is 14.5 Å². The summed E-state index contributed by atoms with van der Waals surface area (Å²) in [5, 5.41) is 13.6. The molecule has 28 heavy (non-hydrogen) atoms. The Morgan fingerprint density at radius 2 is 2.07 bits per heavy atom. The SMILES string of the molecule is COc1cc(Br)cc(C=Nn2c(C)nc3ccc(Br)cc3c2=O)c1OCC#N. The van der Waals surface area contributed by atoms with Crippen molar-refractivity contribution in [3.8, 4) is 17.6 Å². The third-order valence-corrected chi connectivity index (χ3v) is 4.78. The van der Waals surface area contributed by atoms with Crippen molar-refractivity contribution in [2.45, 2.75) is 6.92 Å². The van der Waals surface area contributed by atoms with Crippen molar-refractivity contribution >= 4 is 49.0 Å². The smallest absolute Gasteiger partial charge is 0.282 e. The first-order chi connectivity index (χ1) is 13.4. The Kier molecular flexibility index (Phi) is 6.11. The van der Waals surface area contributed by atoms with Gasteiger partial charge in [-0.05, 0) is 37.3 Å². The van der Waals surface area contributed by atoms with Crippen LogP contribution >= 0.6 is 31.9 Å². The van der Waals surface area contributed by atoms with E-state index in [4.69, 9.17) is 14.7 Å². The Morgan fingerprint density at radius 1 is 1.29 bits per heavy atom. The number of halogens is 2. The normalized spacial score (nSPS) is 11.0. The molecule has 3 aromatic rings. The van der Waals surface area contributed by atoms with E-state index in [0.717, 1.165) is 8.95 Å². The van der Waals surface area contributed by atoms with Crippen molar-refractivity contribution in [2.75, 3.05) is 13.7 Å². The molecule has 0 unspecified atom stereocenters. The summed E-state index contributed by atoms with van der Waals surface area (Å²) in [4.78, 5) is 17.3. The Balaban J connectivity index is 2.13. The quantitative estimate of drug-likeness (QED) is 0.488. The van der Waals surface area contributed by atoms with Gasteiger partial charge in [-0.15, -0.1) is 0 Å². The van der Waals surface area contributed by atoms with Crippen molar-refractivity contribution in [3.63, 3.8) is 0 Å². The number of nitriles is 1. The van der Waals surface area contributed by atoms with Crippen LogP contribution in [0.15, 0.2) is 49.2 Å². The highest BCUT2D eigenvalue weighted by atomic mass is 79.9. The summed E-state index contributed by atoms with van der Waals surface area (Å²) >= 11 is 6.77.